The second-order valence-corrected chi connectivity index (χ2v) is 7.44. The normalized spacial score (nSPS) is 16.7. The van der Waals surface area contributed by atoms with Gasteiger partial charge in [-0.05, 0) is 37.1 Å². The van der Waals surface area contributed by atoms with Crippen molar-refractivity contribution in [3.63, 3.8) is 0 Å². The molecule has 0 unspecified atom stereocenters. The van der Waals surface area contributed by atoms with Crippen molar-refractivity contribution in [3.8, 4) is 0 Å². The third kappa shape index (κ3) is 3.24. The lowest BCUT2D eigenvalue weighted by atomic mass is 10.2. The van der Waals surface area contributed by atoms with Gasteiger partial charge >= 0.3 is 0 Å². The van der Waals surface area contributed by atoms with Crippen LogP contribution in [0, 0.1) is 0 Å². The average Bonchev–Trinajstić information content (AvgIpc) is 2.92. The molecule has 1 aromatic heterocycles. The summed E-state index contributed by atoms with van der Waals surface area (Å²) in [6.45, 7) is 1.11. The number of aromatic nitrogens is 2. The van der Waals surface area contributed by atoms with Crippen LogP contribution in [0.15, 0.2) is 44.2 Å². The molecule has 4 N–H and O–H groups in total. The molecular formula is C14H18N6O3S. The van der Waals surface area contributed by atoms with Crippen LogP contribution >= 0.6 is 0 Å². The van der Waals surface area contributed by atoms with Gasteiger partial charge in [-0.25, -0.2) is 8.42 Å². The molecule has 1 saturated heterocycles. The smallest absolute Gasteiger partial charge is 0.293 e. The summed E-state index contributed by atoms with van der Waals surface area (Å²) in [5.74, 6) is 0.0908. The summed E-state index contributed by atoms with van der Waals surface area (Å²) in [6, 6.07) is 6.06. The van der Waals surface area contributed by atoms with E-state index < -0.39 is 15.6 Å². The maximum atomic E-state index is 12.5. The number of piperidine rings is 1. The fourth-order valence-electron chi connectivity index (χ4n) is 2.51. The van der Waals surface area contributed by atoms with E-state index in [0.717, 1.165) is 19.3 Å². The van der Waals surface area contributed by atoms with Crippen molar-refractivity contribution >= 4 is 27.2 Å². The number of azo groups is 1. The highest BCUT2D eigenvalue weighted by Gasteiger charge is 2.25. The molecule has 128 valence electrons. The number of nitrogens with zero attached hydrogens (tertiary/aromatic N) is 3. The third-order valence-corrected chi connectivity index (χ3v) is 5.75. The lowest BCUT2D eigenvalue weighted by Crippen LogP contribution is -2.35. The predicted molar refractivity (Wildman–Crippen MR) is 89.1 cm³/mol. The van der Waals surface area contributed by atoms with Crippen LogP contribution in [0.4, 0.5) is 17.2 Å². The highest BCUT2D eigenvalue weighted by atomic mass is 32.2. The minimum Gasteiger partial charge on any atom is -0.382 e. The molecule has 0 radical (unpaired) electrons. The summed E-state index contributed by atoms with van der Waals surface area (Å²) in [7, 11) is -3.47. The van der Waals surface area contributed by atoms with E-state index in [1.165, 1.54) is 28.6 Å². The van der Waals surface area contributed by atoms with Gasteiger partial charge in [0.2, 0.25) is 10.0 Å². The number of hydrogen-bond donors (Lipinski definition) is 3. The first kappa shape index (κ1) is 16.4. The zero-order chi connectivity index (χ0) is 17.2. The number of sulfonamides is 1. The zero-order valence-corrected chi connectivity index (χ0v) is 13.7. The van der Waals surface area contributed by atoms with Gasteiger partial charge < -0.3 is 5.73 Å². The van der Waals surface area contributed by atoms with Crippen LogP contribution in [0.1, 0.15) is 19.3 Å². The fourth-order valence-corrected chi connectivity index (χ4v) is 4.03. The number of aromatic amines is 2. The van der Waals surface area contributed by atoms with E-state index in [1.807, 2.05) is 0 Å². The Kier molecular flexibility index (Phi) is 4.49. The number of anilines is 1. The van der Waals surface area contributed by atoms with Crippen LogP contribution in [0.2, 0.25) is 0 Å². The van der Waals surface area contributed by atoms with Gasteiger partial charge in [0.1, 0.15) is 5.82 Å². The van der Waals surface area contributed by atoms with Gasteiger partial charge in [0.15, 0.2) is 5.69 Å². The van der Waals surface area contributed by atoms with E-state index >= 15 is 0 Å². The quantitative estimate of drug-likeness (QED) is 0.725. The number of rotatable bonds is 4. The minimum atomic E-state index is -3.47. The summed E-state index contributed by atoms with van der Waals surface area (Å²) in [5, 5.41) is 12.4. The molecule has 1 fully saturated rings. The second-order valence-electron chi connectivity index (χ2n) is 5.50. The second kappa shape index (κ2) is 6.57. The van der Waals surface area contributed by atoms with Gasteiger partial charge in [0, 0.05) is 13.1 Å². The number of nitrogens with one attached hydrogen (secondary N) is 2. The Labute approximate surface area is 138 Å². The Hall–Kier alpha value is -2.46. The molecule has 3 rings (SSSR count). The minimum absolute atomic E-state index is 0.0139. The molecule has 0 atom stereocenters. The van der Waals surface area contributed by atoms with Crippen LogP contribution in [-0.4, -0.2) is 36.0 Å². The van der Waals surface area contributed by atoms with Gasteiger partial charge in [-0.3, -0.25) is 15.0 Å². The van der Waals surface area contributed by atoms with Gasteiger partial charge in [-0.2, -0.15) is 9.42 Å². The van der Waals surface area contributed by atoms with Crippen LogP contribution < -0.4 is 11.3 Å². The van der Waals surface area contributed by atoms with Crippen LogP contribution in [-0.2, 0) is 10.0 Å². The Morgan fingerprint density at radius 1 is 1.00 bits per heavy atom. The Balaban J connectivity index is 1.79. The van der Waals surface area contributed by atoms with Crippen molar-refractivity contribution in [1.29, 1.82) is 0 Å². The molecule has 1 aromatic carbocycles. The van der Waals surface area contributed by atoms with Gasteiger partial charge in [-0.15, -0.1) is 5.11 Å². The van der Waals surface area contributed by atoms with Gasteiger partial charge in [0.05, 0.1) is 10.6 Å². The molecule has 1 aliphatic heterocycles. The first-order chi connectivity index (χ1) is 11.5. The molecule has 2 aromatic rings. The number of benzene rings is 1. The van der Waals surface area contributed by atoms with Crippen molar-refractivity contribution in [1.82, 2.24) is 14.5 Å². The third-order valence-electron chi connectivity index (χ3n) is 3.84. The Morgan fingerprint density at radius 2 is 1.67 bits per heavy atom. The highest BCUT2D eigenvalue weighted by molar-refractivity contribution is 7.89. The number of nitrogen functional groups attached to an aromatic ring is 1. The van der Waals surface area contributed by atoms with Crippen molar-refractivity contribution in [3.05, 3.63) is 34.6 Å². The van der Waals surface area contributed by atoms with Crippen molar-refractivity contribution < 1.29 is 8.42 Å². The predicted octanol–water partition coefficient (Wildman–Crippen LogP) is 1.88. The molecule has 24 heavy (non-hydrogen) atoms. The van der Waals surface area contributed by atoms with E-state index in [9.17, 15) is 13.2 Å². The number of H-pyrrole nitrogens is 2. The number of nitrogens with two attached hydrogens (primary N) is 1. The van der Waals surface area contributed by atoms with Crippen molar-refractivity contribution in [2.45, 2.75) is 24.2 Å². The largest absolute Gasteiger partial charge is 0.382 e. The lowest BCUT2D eigenvalue weighted by Gasteiger charge is -2.25. The summed E-state index contributed by atoms with van der Waals surface area (Å²) in [5.41, 5.74) is 5.48. The molecule has 9 nitrogen and oxygen atoms in total. The molecule has 0 amide bonds. The van der Waals surface area contributed by atoms with E-state index in [4.69, 9.17) is 5.73 Å². The molecule has 0 saturated carbocycles. The maximum absolute atomic E-state index is 12.5. The first-order valence-corrected chi connectivity index (χ1v) is 9.00. The molecule has 10 heteroatoms. The SMILES string of the molecule is Nc1[nH][nH]c(=O)c1N=Nc1ccc(S(=O)(=O)N2CCCCC2)cc1. The topological polar surface area (TPSA) is 137 Å². The van der Waals surface area contributed by atoms with Crippen LogP contribution in [0.3, 0.4) is 0 Å². The van der Waals surface area contributed by atoms with Crippen molar-refractivity contribution in [2.24, 2.45) is 10.2 Å². The van der Waals surface area contributed by atoms with E-state index in [-0.39, 0.29) is 16.4 Å². The van der Waals surface area contributed by atoms with E-state index in [1.54, 1.807) is 0 Å². The lowest BCUT2D eigenvalue weighted by molar-refractivity contribution is 0.346. The Bertz CT molecular complexity index is 891. The first-order valence-electron chi connectivity index (χ1n) is 7.56. The monoisotopic (exact) mass is 350 g/mol. The summed E-state index contributed by atoms with van der Waals surface area (Å²) in [6.07, 6.45) is 2.84. The summed E-state index contributed by atoms with van der Waals surface area (Å²) < 4.78 is 26.6. The fraction of sp³-hybridized carbons (Fsp3) is 0.357. The zero-order valence-electron chi connectivity index (χ0n) is 12.9. The van der Waals surface area contributed by atoms with Crippen molar-refractivity contribution in [2.75, 3.05) is 18.8 Å². The highest BCUT2D eigenvalue weighted by Crippen LogP contribution is 2.24. The van der Waals surface area contributed by atoms with Crippen LogP contribution in [0.5, 0.6) is 0 Å². The maximum Gasteiger partial charge on any atom is 0.293 e. The van der Waals surface area contributed by atoms with Gasteiger partial charge in [-0.1, -0.05) is 6.42 Å². The molecule has 0 spiro atoms. The van der Waals surface area contributed by atoms with Gasteiger partial charge in [0.25, 0.3) is 5.56 Å². The molecule has 0 bridgehead atoms. The molecule has 0 aliphatic carbocycles. The number of hydrogen-bond acceptors (Lipinski definition) is 6. The summed E-state index contributed by atoms with van der Waals surface area (Å²) >= 11 is 0. The average molecular weight is 350 g/mol. The van der Waals surface area contributed by atoms with E-state index in [2.05, 4.69) is 20.4 Å². The molecular weight excluding hydrogens is 332 g/mol. The standard InChI is InChI=1S/C14H18N6O3S/c15-13-12(14(21)19-18-13)17-16-10-4-6-11(7-5-10)24(22,23)20-8-2-1-3-9-20/h4-7H,1-3,8-9H2,(H4,15,18,19,21). The molecule has 1 aliphatic rings. The van der Waals surface area contributed by atoms with E-state index in [0.29, 0.717) is 18.8 Å². The molecule has 2 heterocycles. The van der Waals surface area contributed by atoms with Crippen LogP contribution in [0.25, 0.3) is 0 Å². The Morgan fingerprint density at radius 3 is 2.25 bits per heavy atom. The summed E-state index contributed by atoms with van der Waals surface area (Å²) in [4.78, 5) is 11.6.